The van der Waals surface area contributed by atoms with Crippen LogP contribution >= 0.6 is 23.2 Å². The van der Waals surface area contributed by atoms with E-state index in [9.17, 15) is 0 Å². The summed E-state index contributed by atoms with van der Waals surface area (Å²) in [7, 11) is 0. The first kappa shape index (κ1) is 11.8. The van der Waals surface area contributed by atoms with Gasteiger partial charge in [0.25, 0.3) is 0 Å². The summed E-state index contributed by atoms with van der Waals surface area (Å²) in [5, 5.41) is 1.22. The molecule has 92 valence electrons. The molecule has 2 aliphatic rings. The molecule has 0 bridgehead atoms. The minimum absolute atomic E-state index is 0.137. The zero-order valence-corrected chi connectivity index (χ0v) is 11.2. The lowest BCUT2D eigenvalue weighted by Gasteiger charge is -2.12. The molecule has 0 spiro atoms. The van der Waals surface area contributed by atoms with Gasteiger partial charge in [-0.05, 0) is 48.3 Å². The van der Waals surface area contributed by atoms with Crippen molar-refractivity contribution in [2.45, 2.75) is 31.7 Å². The number of hydrogen-bond donors (Lipinski definition) is 1. The van der Waals surface area contributed by atoms with Crippen LogP contribution in [0.5, 0.6) is 0 Å². The van der Waals surface area contributed by atoms with Crippen LogP contribution in [0.15, 0.2) is 18.2 Å². The number of nitrogens with two attached hydrogens (primary N) is 1. The summed E-state index contributed by atoms with van der Waals surface area (Å²) >= 11 is 12.0. The van der Waals surface area contributed by atoms with Crippen LogP contribution in [0.2, 0.25) is 10.0 Å². The summed E-state index contributed by atoms with van der Waals surface area (Å²) in [6, 6.07) is 5.94. The Morgan fingerprint density at radius 3 is 2.29 bits per heavy atom. The zero-order chi connectivity index (χ0) is 12.0. The Balaban J connectivity index is 1.78. The fourth-order valence-corrected chi connectivity index (χ4v) is 3.83. The van der Waals surface area contributed by atoms with Crippen molar-refractivity contribution in [1.29, 1.82) is 0 Å². The second-order valence-electron chi connectivity index (χ2n) is 5.39. The third-order valence-corrected chi connectivity index (χ3v) is 5.21. The SMILES string of the molecule is NC(c1ccc(Cl)c(Cl)c1)C1C2CCCCC21. The maximum Gasteiger partial charge on any atom is 0.0595 e. The van der Waals surface area contributed by atoms with Crippen LogP contribution in [-0.4, -0.2) is 0 Å². The quantitative estimate of drug-likeness (QED) is 0.845. The molecule has 1 nitrogen and oxygen atoms in total. The number of halogens is 2. The van der Waals surface area contributed by atoms with Crippen molar-refractivity contribution >= 4 is 23.2 Å². The summed E-state index contributed by atoms with van der Waals surface area (Å²) in [4.78, 5) is 0. The van der Waals surface area contributed by atoms with E-state index in [1.807, 2.05) is 18.2 Å². The van der Waals surface area contributed by atoms with Crippen molar-refractivity contribution in [3.8, 4) is 0 Å². The molecule has 1 aromatic rings. The van der Waals surface area contributed by atoms with Crippen molar-refractivity contribution < 1.29 is 0 Å². The van der Waals surface area contributed by atoms with Crippen molar-refractivity contribution in [3.05, 3.63) is 33.8 Å². The first-order chi connectivity index (χ1) is 8.18. The van der Waals surface area contributed by atoms with E-state index in [1.165, 1.54) is 25.7 Å². The molecule has 0 aliphatic heterocycles. The molecule has 2 fully saturated rings. The largest absolute Gasteiger partial charge is 0.324 e. The summed E-state index contributed by atoms with van der Waals surface area (Å²) in [5.41, 5.74) is 7.52. The monoisotopic (exact) mass is 269 g/mol. The first-order valence-electron chi connectivity index (χ1n) is 6.39. The van der Waals surface area contributed by atoms with Gasteiger partial charge in [-0.25, -0.2) is 0 Å². The van der Waals surface area contributed by atoms with Crippen LogP contribution in [-0.2, 0) is 0 Å². The van der Waals surface area contributed by atoms with Gasteiger partial charge < -0.3 is 5.73 Å². The van der Waals surface area contributed by atoms with E-state index in [1.54, 1.807) is 0 Å². The Hall–Kier alpha value is -0.240. The van der Waals surface area contributed by atoms with Gasteiger partial charge >= 0.3 is 0 Å². The zero-order valence-electron chi connectivity index (χ0n) is 9.70. The number of fused-ring (bicyclic) bond motifs is 1. The normalized spacial score (nSPS) is 33.0. The molecule has 0 aromatic heterocycles. The molecule has 0 saturated heterocycles. The van der Waals surface area contributed by atoms with Gasteiger partial charge in [0.1, 0.15) is 0 Å². The number of benzene rings is 1. The van der Waals surface area contributed by atoms with Crippen LogP contribution in [0.1, 0.15) is 37.3 Å². The van der Waals surface area contributed by atoms with E-state index >= 15 is 0 Å². The van der Waals surface area contributed by atoms with Gasteiger partial charge in [0.2, 0.25) is 0 Å². The smallest absolute Gasteiger partial charge is 0.0595 e. The minimum atomic E-state index is 0.137. The van der Waals surface area contributed by atoms with Crippen molar-refractivity contribution in [2.75, 3.05) is 0 Å². The first-order valence-corrected chi connectivity index (χ1v) is 7.14. The Bertz CT molecular complexity index is 420. The fraction of sp³-hybridized carbons (Fsp3) is 0.571. The number of hydrogen-bond acceptors (Lipinski definition) is 1. The molecule has 3 heteroatoms. The topological polar surface area (TPSA) is 26.0 Å². The van der Waals surface area contributed by atoms with Crippen LogP contribution < -0.4 is 5.73 Å². The van der Waals surface area contributed by atoms with Crippen molar-refractivity contribution in [2.24, 2.45) is 23.5 Å². The highest BCUT2D eigenvalue weighted by Gasteiger charge is 2.53. The maximum absolute atomic E-state index is 6.38. The van der Waals surface area contributed by atoms with Crippen LogP contribution in [0.3, 0.4) is 0 Å². The van der Waals surface area contributed by atoms with Crippen LogP contribution in [0, 0.1) is 17.8 Å². The Morgan fingerprint density at radius 1 is 1.06 bits per heavy atom. The third kappa shape index (κ3) is 2.09. The lowest BCUT2D eigenvalue weighted by atomic mass is 10.0. The van der Waals surface area contributed by atoms with Gasteiger partial charge in [0.15, 0.2) is 0 Å². The number of rotatable bonds is 2. The maximum atomic E-state index is 6.38. The molecule has 1 aromatic carbocycles. The fourth-order valence-electron chi connectivity index (χ4n) is 3.52. The highest BCUT2D eigenvalue weighted by molar-refractivity contribution is 6.42. The molecule has 2 N–H and O–H groups in total. The molecule has 2 saturated carbocycles. The lowest BCUT2D eigenvalue weighted by Crippen LogP contribution is -2.14. The average molecular weight is 270 g/mol. The molecule has 3 rings (SSSR count). The van der Waals surface area contributed by atoms with Gasteiger partial charge in [0, 0.05) is 6.04 Å². The molecular formula is C14H17Cl2N. The summed E-state index contributed by atoms with van der Waals surface area (Å²) in [6.45, 7) is 0. The van der Waals surface area contributed by atoms with Gasteiger partial charge in [0.05, 0.1) is 10.0 Å². The average Bonchev–Trinajstić information content (AvgIpc) is 3.06. The second-order valence-corrected chi connectivity index (χ2v) is 6.20. The van der Waals surface area contributed by atoms with Gasteiger partial charge in [-0.3, -0.25) is 0 Å². The Labute approximate surface area is 112 Å². The molecule has 0 radical (unpaired) electrons. The predicted molar refractivity (Wildman–Crippen MR) is 72.3 cm³/mol. The lowest BCUT2D eigenvalue weighted by molar-refractivity contribution is 0.480. The van der Waals surface area contributed by atoms with Crippen molar-refractivity contribution in [3.63, 3.8) is 0 Å². The van der Waals surface area contributed by atoms with Crippen LogP contribution in [0.4, 0.5) is 0 Å². The van der Waals surface area contributed by atoms with E-state index in [4.69, 9.17) is 28.9 Å². The molecule has 0 amide bonds. The van der Waals surface area contributed by atoms with Gasteiger partial charge in [-0.1, -0.05) is 42.1 Å². The molecule has 2 aliphatic carbocycles. The minimum Gasteiger partial charge on any atom is -0.324 e. The van der Waals surface area contributed by atoms with Gasteiger partial charge in [-0.15, -0.1) is 0 Å². The molecule has 3 unspecified atom stereocenters. The van der Waals surface area contributed by atoms with E-state index < -0.39 is 0 Å². The van der Waals surface area contributed by atoms with E-state index in [0.717, 1.165) is 17.4 Å². The summed E-state index contributed by atoms with van der Waals surface area (Å²) in [6.07, 6.45) is 5.49. The third-order valence-electron chi connectivity index (χ3n) is 4.47. The standard InChI is InChI=1S/C14H17Cl2N/c15-11-6-5-8(7-12(11)16)14(17)13-9-3-1-2-4-10(9)13/h5-7,9-10,13-14H,1-4,17H2. The summed E-state index contributed by atoms with van der Waals surface area (Å²) < 4.78 is 0. The molecule has 17 heavy (non-hydrogen) atoms. The second kappa shape index (κ2) is 4.46. The van der Waals surface area contributed by atoms with Gasteiger partial charge in [-0.2, -0.15) is 0 Å². The van der Waals surface area contributed by atoms with E-state index in [0.29, 0.717) is 16.0 Å². The Morgan fingerprint density at radius 2 is 1.71 bits per heavy atom. The predicted octanol–water partition coefficient (Wildman–Crippen LogP) is 4.43. The Kier molecular flexibility index (Phi) is 3.10. The molecule has 3 atom stereocenters. The molecule has 0 heterocycles. The summed E-state index contributed by atoms with van der Waals surface area (Å²) in [5.74, 6) is 2.41. The highest BCUT2D eigenvalue weighted by atomic mass is 35.5. The van der Waals surface area contributed by atoms with Crippen molar-refractivity contribution in [1.82, 2.24) is 0 Å². The van der Waals surface area contributed by atoms with E-state index in [2.05, 4.69) is 0 Å². The highest BCUT2D eigenvalue weighted by Crippen LogP contribution is 2.59. The van der Waals surface area contributed by atoms with E-state index in [-0.39, 0.29) is 6.04 Å². The van der Waals surface area contributed by atoms with Crippen LogP contribution in [0.25, 0.3) is 0 Å². The molecular weight excluding hydrogens is 253 g/mol.